The molecule has 0 bridgehead atoms. The maximum atomic E-state index is 12.0. The largest absolute Gasteiger partial charge is 0.349 e. The molecule has 0 fully saturated rings. The second-order valence-electron chi connectivity index (χ2n) is 4.62. The van der Waals surface area contributed by atoms with Crippen molar-refractivity contribution in [2.75, 3.05) is 0 Å². The lowest BCUT2D eigenvalue weighted by atomic mass is 10.1. The van der Waals surface area contributed by atoms with Crippen molar-refractivity contribution >= 4 is 5.91 Å². The summed E-state index contributed by atoms with van der Waals surface area (Å²) in [6.45, 7) is 6.31. The number of carbonyl (C=O) groups is 1. The van der Waals surface area contributed by atoms with Crippen LogP contribution >= 0.6 is 0 Å². The molecule has 0 atom stereocenters. The monoisotopic (exact) mass is 233 g/mol. The Bertz CT molecular complexity index is 354. The predicted octanol–water partition coefficient (Wildman–Crippen LogP) is 3.69. The molecule has 0 aliphatic carbocycles. The third kappa shape index (κ3) is 4.59. The Morgan fingerprint density at radius 1 is 1.24 bits per heavy atom. The van der Waals surface area contributed by atoms with E-state index in [4.69, 9.17) is 0 Å². The summed E-state index contributed by atoms with van der Waals surface area (Å²) < 4.78 is 0. The SMILES string of the molecule is CCCC(CCC)NC(=O)c1cccc(C)c1. The van der Waals surface area contributed by atoms with Gasteiger partial charge in [-0.1, -0.05) is 44.4 Å². The Hall–Kier alpha value is -1.31. The van der Waals surface area contributed by atoms with E-state index in [1.807, 2.05) is 31.2 Å². The van der Waals surface area contributed by atoms with Gasteiger partial charge in [-0.3, -0.25) is 4.79 Å². The number of hydrogen-bond acceptors (Lipinski definition) is 1. The van der Waals surface area contributed by atoms with Crippen molar-refractivity contribution in [3.63, 3.8) is 0 Å². The topological polar surface area (TPSA) is 29.1 Å². The van der Waals surface area contributed by atoms with Crippen LogP contribution in [0, 0.1) is 6.92 Å². The van der Waals surface area contributed by atoms with E-state index in [0.29, 0.717) is 6.04 Å². The van der Waals surface area contributed by atoms with Crippen LogP contribution in [0.2, 0.25) is 0 Å². The molecule has 94 valence electrons. The number of nitrogens with one attached hydrogen (secondary N) is 1. The minimum atomic E-state index is 0.0561. The van der Waals surface area contributed by atoms with Crippen molar-refractivity contribution in [3.05, 3.63) is 35.4 Å². The van der Waals surface area contributed by atoms with Crippen molar-refractivity contribution in [2.24, 2.45) is 0 Å². The van der Waals surface area contributed by atoms with Gasteiger partial charge in [-0.2, -0.15) is 0 Å². The van der Waals surface area contributed by atoms with Gasteiger partial charge in [-0.25, -0.2) is 0 Å². The van der Waals surface area contributed by atoms with E-state index in [9.17, 15) is 4.79 Å². The molecule has 0 radical (unpaired) electrons. The Morgan fingerprint density at radius 3 is 2.41 bits per heavy atom. The summed E-state index contributed by atoms with van der Waals surface area (Å²) in [6.07, 6.45) is 4.34. The molecule has 0 saturated carbocycles. The average molecular weight is 233 g/mol. The third-order valence-corrected chi connectivity index (χ3v) is 2.89. The number of carbonyl (C=O) groups excluding carboxylic acids is 1. The first-order valence-corrected chi connectivity index (χ1v) is 6.54. The number of benzene rings is 1. The van der Waals surface area contributed by atoms with Crippen molar-refractivity contribution in [1.29, 1.82) is 0 Å². The maximum Gasteiger partial charge on any atom is 0.251 e. The quantitative estimate of drug-likeness (QED) is 0.797. The molecule has 1 rings (SSSR count). The van der Waals surface area contributed by atoms with Crippen molar-refractivity contribution in [3.8, 4) is 0 Å². The normalized spacial score (nSPS) is 10.6. The van der Waals surface area contributed by atoms with E-state index in [1.54, 1.807) is 0 Å². The molecule has 0 unspecified atom stereocenters. The molecular weight excluding hydrogens is 210 g/mol. The summed E-state index contributed by atoms with van der Waals surface area (Å²) in [5.41, 5.74) is 1.89. The van der Waals surface area contributed by atoms with E-state index in [0.717, 1.165) is 36.8 Å². The minimum Gasteiger partial charge on any atom is -0.349 e. The molecule has 0 aliphatic rings. The van der Waals surface area contributed by atoms with Crippen LogP contribution in [-0.4, -0.2) is 11.9 Å². The van der Waals surface area contributed by atoms with Gasteiger partial charge >= 0.3 is 0 Å². The molecule has 0 aromatic heterocycles. The van der Waals surface area contributed by atoms with Crippen molar-refractivity contribution in [1.82, 2.24) is 5.32 Å². The Kier molecular flexibility index (Phi) is 5.75. The van der Waals surface area contributed by atoms with Gasteiger partial charge < -0.3 is 5.32 Å². The summed E-state index contributed by atoms with van der Waals surface area (Å²) in [4.78, 5) is 12.0. The second-order valence-corrected chi connectivity index (χ2v) is 4.62. The fourth-order valence-corrected chi connectivity index (χ4v) is 2.04. The fourth-order valence-electron chi connectivity index (χ4n) is 2.04. The Morgan fingerprint density at radius 2 is 1.88 bits per heavy atom. The van der Waals surface area contributed by atoms with Gasteiger partial charge in [0.25, 0.3) is 5.91 Å². The maximum absolute atomic E-state index is 12.0. The van der Waals surface area contributed by atoms with Crippen LogP contribution in [-0.2, 0) is 0 Å². The second kappa shape index (κ2) is 7.10. The standard InChI is InChI=1S/C15H23NO/c1-4-7-14(8-5-2)16-15(17)13-10-6-9-12(3)11-13/h6,9-11,14H,4-5,7-8H2,1-3H3,(H,16,17). The molecule has 0 spiro atoms. The average Bonchev–Trinajstić information content (AvgIpc) is 2.29. The first-order valence-electron chi connectivity index (χ1n) is 6.54. The minimum absolute atomic E-state index is 0.0561. The Balaban J connectivity index is 2.63. The van der Waals surface area contributed by atoms with Crippen LogP contribution in [0.3, 0.4) is 0 Å². The van der Waals surface area contributed by atoms with E-state index < -0.39 is 0 Å². The van der Waals surface area contributed by atoms with E-state index in [2.05, 4.69) is 19.2 Å². The number of rotatable bonds is 6. The zero-order chi connectivity index (χ0) is 12.7. The van der Waals surface area contributed by atoms with Crippen LogP contribution in [0.4, 0.5) is 0 Å². The van der Waals surface area contributed by atoms with Crippen LogP contribution in [0.25, 0.3) is 0 Å². The first-order chi connectivity index (χ1) is 8.17. The number of aryl methyl sites for hydroxylation is 1. The Labute approximate surface area is 104 Å². The van der Waals surface area contributed by atoms with Gasteiger partial charge in [-0.05, 0) is 31.9 Å². The molecular formula is C15H23NO. The molecule has 2 heteroatoms. The van der Waals surface area contributed by atoms with Crippen molar-refractivity contribution < 1.29 is 4.79 Å². The molecule has 0 heterocycles. The van der Waals surface area contributed by atoms with Crippen molar-refractivity contribution in [2.45, 2.75) is 52.5 Å². The third-order valence-electron chi connectivity index (χ3n) is 2.89. The van der Waals surface area contributed by atoms with Gasteiger partial charge in [0.2, 0.25) is 0 Å². The zero-order valence-corrected chi connectivity index (χ0v) is 11.1. The molecule has 1 aromatic carbocycles. The smallest absolute Gasteiger partial charge is 0.251 e. The number of hydrogen-bond donors (Lipinski definition) is 1. The lowest BCUT2D eigenvalue weighted by Crippen LogP contribution is -2.34. The van der Waals surface area contributed by atoms with Gasteiger partial charge in [-0.15, -0.1) is 0 Å². The first kappa shape index (κ1) is 13.8. The van der Waals surface area contributed by atoms with E-state index >= 15 is 0 Å². The zero-order valence-electron chi connectivity index (χ0n) is 11.1. The van der Waals surface area contributed by atoms with Gasteiger partial charge in [0.1, 0.15) is 0 Å². The van der Waals surface area contributed by atoms with Gasteiger partial charge in [0, 0.05) is 11.6 Å². The van der Waals surface area contributed by atoms with Crippen LogP contribution < -0.4 is 5.32 Å². The lowest BCUT2D eigenvalue weighted by molar-refractivity contribution is 0.0932. The molecule has 0 aliphatic heterocycles. The van der Waals surface area contributed by atoms with Crippen LogP contribution in [0.5, 0.6) is 0 Å². The summed E-state index contributed by atoms with van der Waals surface area (Å²) in [6, 6.07) is 8.06. The molecule has 0 saturated heterocycles. The van der Waals surface area contributed by atoms with Gasteiger partial charge in [0.05, 0.1) is 0 Å². The summed E-state index contributed by atoms with van der Waals surface area (Å²) in [5.74, 6) is 0.0561. The van der Waals surface area contributed by atoms with E-state index in [1.165, 1.54) is 0 Å². The van der Waals surface area contributed by atoms with E-state index in [-0.39, 0.29) is 5.91 Å². The predicted molar refractivity (Wildman–Crippen MR) is 72.2 cm³/mol. The molecule has 1 amide bonds. The molecule has 1 N–H and O–H groups in total. The summed E-state index contributed by atoms with van der Waals surface area (Å²) in [5, 5.41) is 3.12. The fraction of sp³-hybridized carbons (Fsp3) is 0.533. The highest BCUT2D eigenvalue weighted by atomic mass is 16.1. The highest BCUT2D eigenvalue weighted by Crippen LogP contribution is 2.08. The molecule has 17 heavy (non-hydrogen) atoms. The van der Waals surface area contributed by atoms with Crippen LogP contribution in [0.15, 0.2) is 24.3 Å². The summed E-state index contributed by atoms with van der Waals surface area (Å²) >= 11 is 0. The van der Waals surface area contributed by atoms with Gasteiger partial charge in [0.15, 0.2) is 0 Å². The molecule has 2 nitrogen and oxygen atoms in total. The number of amides is 1. The molecule has 1 aromatic rings. The highest BCUT2D eigenvalue weighted by Gasteiger charge is 2.12. The van der Waals surface area contributed by atoms with Crippen LogP contribution in [0.1, 0.15) is 55.5 Å². The summed E-state index contributed by atoms with van der Waals surface area (Å²) in [7, 11) is 0. The lowest BCUT2D eigenvalue weighted by Gasteiger charge is -2.17. The highest BCUT2D eigenvalue weighted by molar-refractivity contribution is 5.94.